The van der Waals surface area contributed by atoms with E-state index < -0.39 is 0 Å². The van der Waals surface area contributed by atoms with Crippen molar-refractivity contribution in [2.45, 2.75) is 33.1 Å². The van der Waals surface area contributed by atoms with E-state index in [4.69, 9.17) is 9.47 Å². The SMILES string of the molecule is CCOc1cccc2c1OCC(C(=O)Nc1cc(C(C)(C)C)nn1-c1ncccn1)=C2. The van der Waals surface area contributed by atoms with Gasteiger partial charge < -0.3 is 14.8 Å². The number of nitrogens with one attached hydrogen (secondary N) is 1. The van der Waals surface area contributed by atoms with Crippen LogP contribution < -0.4 is 14.8 Å². The molecule has 0 fully saturated rings. The highest BCUT2D eigenvalue weighted by Crippen LogP contribution is 2.36. The number of fused-ring (bicyclic) bond motifs is 1. The molecule has 3 heterocycles. The second kappa shape index (κ2) is 8.22. The maximum atomic E-state index is 13.1. The third kappa shape index (κ3) is 4.28. The van der Waals surface area contributed by atoms with Crippen LogP contribution >= 0.6 is 0 Å². The van der Waals surface area contributed by atoms with Gasteiger partial charge in [0.15, 0.2) is 11.5 Å². The predicted molar refractivity (Wildman–Crippen MR) is 118 cm³/mol. The molecule has 4 rings (SSSR count). The summed E-state index contributed by atoms with van der Waals surface area (Å²) < 4.78 is 13.0. The molecule has 1 aliphatic rings. The number of ether oxygens (including phenoxy) is 2. The topological polar surface area (TPSA) is 91.2 Å². The van der Waals surface area contributed by atoms with Crippen LogP contribution in [0.2, 0.25) is 0 Å². The number of rotatable bonds is 5. The minimum absolute atomic E-state index is 0.144. The van der Waals surface area contributed by atoms with E-state index in [1.807, 2.05) is 37.3 Å². The van der Waals surface area contributed by atoms with Crippen molar-refractivity contribution in [3.63, 3.8) is 0 Å². The number of hydrogen-bond acceptors (Lipinski definition) is 6. The summed E-state index contributed by atoms with van der Waals surface area (Å²) in [6.07, 6.45) is 5.09. The van der Waals surface area contributed by atoms with Crippen molar-refractivity contribution in [3.05, 3.63) is 59.6 Å². The molecule has 2 aromatic heterocycles. The van der Waals surface area contributed by atoms with Crippen molar-refractivity contribution in [2.24, 2.45) is 0 Å². The molecule has 3 aromatic rings. The van der Waals surface area contributed by atoms with Crippen molar-refractivity contribution in [1.29, 1.82) is 0 Å². The molecule has 0 saturated heterocycles. The Kier molecular flexibility index (Phi) is 5.46. The van der Waals surface area contributed by atoms with E-state index in [1.54, 1.807) is 23.1 Å². The molecule has 0 radical (unpaired) electrons. The van der Waals surface area contributed by atoms with Gasteiger partial charge in [-0.05, 0) is 25.1 Å². The Morgan fingerprint density at radius 2 is 2.00 bits per heavy atom. The average Bonchev–Trinajstić information content (AvgIpc) is 3.19. The Balaban J connectivity index is 1.65. The van der Waals surface area contributed by atoms with Gasteiger partial charge in [0.2, 0.25) is 0 Å². The highest BCUT2D eigenvalue weighted by molar-refractivity contribution is 6.07. The van der Waals surface area contributed by atoms with Gasteiger partial charge in [-0.25, -0.2) is 9.97 Å². The molecule has 160 valence electrons. The number of para-hydroxylation sites is 1. The highest BCUT2D eigenvalue weighted by atomic mass is 16.5. The van der Waals surface area contributed by atoms with E-state index in [2.05, 4.69) is 41.2 Å². The van der Waals surface area contributed by atoms with E-state index in [0.29, 0.717) is 35.4 Å². The van der Waals surface area contributed by atoms with Gasteiger partial charge in [0.25, 0.3) is 11.9 Å². The van der Waals surface area contributed by atoms with Gasteiger partial charge in [-0.3, -0.25) is 4.79 Å². The number of nitrogens with zero attached hydrogens (tertiary/aromatic N) is 4. The van der Waals surface area contributed by atoms with Crippen molar-refractivity contribution in [3.8, 4) is 17.4 Å². The summed E-state index contributed by atoms with van der Waals surface area (Å²) in [5, 5.41) is 7.57. The zero-order valence-corrected chi connectivity index (χ0v) is 18.0. The van der Waals surface area contributed by atoms with Crippen LogP contribution in [0.25, 0.3) is 12.0 Å². The van der Waals surface area contributed by atoms with Gasteiger partial charge in [0.05, 0.1) is 17.9 Å². The zero-order valence-electron chi connectivity index (χ0n) is 18.0. The fourth-order valence-corrected chi connectivity index (χ4v) is 3.17. The fourth-order valence-electron chi connectivity index (χ4n) is 3.17. The van der Waals surface area contributed by atoms with E-state index in [0.717, 1.165) is 11.3 Å². The fraction of sp³-hybridized carbons (Fsp3) is 0.304. The molecule has 1 N–H and O–H groups in total. The van der Waals surface area contributed by atoms with Crippen LogP contribution in [0.4, 0.5) is 5.82 Å². The third-order valence-electron chi connectivity index (χ3n) is 4.76. The minimum atomic E-state index is -0.273. The van der Waals surface area contributed by atoms with Crippen LogP contribution in [-0.4, -0.2) is 38.9 Å². The Labute approximate surface area is 180 Å². The summed E-state index contributed by atoms with van der Waals surface area (Å²) in [6, 6.07) is 9.20. The Bertz CT molecular complexity index is 1130. The first-order chi connectivity index (χ1) is 14.9. The summed E-state index contributed by atoms with van der Waals surface area (Å²) in [6.45, 7) is 8.77. The highest BCUT2D eigenvalue weighted by Gasteiger charge is 2.25. The molecule has 0 bridgehead atoms. The van der Waals surface area contributed by atoms with Gasteiger partial charge in [-0.2, -0.15) is 9.78 Å². The van der Waals surface area contributed by atoms with Crippen LogP contribution in [-0.2, 0) is 10.2 Å². The number of carbonyl (C=O) groups is 1. The normalized spacial score (nSPS) is 13.1. The van der Waals surface area contributed by atoms with Gasteiger partial charge in [-0.15, -0.1) is 0 Å². The maximum Gasteiger partial charge on any atom is 0.256 e. The van der Waals surface area contributed by atoms with Crippen LogP contribution in [0, 0.1) is 0 Å². The molecule has 0 unspecified atom stereocenters. The first-order valence-corrected chi connectivity index (χ1v) is 10.2. The monoisotopic (exact) mass is 419 g/mol. The Morgan fingerprint density at radius 1 is 1.23 bits per heavy atom. The van der Waals surface area contributed by atoms with Crippen LogP contribution in [0.15, 0.2) is 48.3 Å². The van der Waals surface area contributed by atoms with Crippen LogP contribution in [0.1, 0.15) is 39.0 Å². The van der Waals surface area contributed by atoms with Gasteiger partial charge in [0.1, 0.15) is 12.4 Å². The Morgan fingerprint density at radius 3 is 2.71 bits per heavy atom. The molecule has 1 amide bonds. The maximum absolute atomic E-state index is 13.1. The van der Waals surface area contributed by atoms with Crippen molar-refractivity contribution in [2.75, 3.05) is 18.5 Å². The van der Waals surface area contributed by atoms with E-state index in [9.17, 15) is 4.79 Å². The molecule has 1 aliphatic heterocycles. The molecular weight excluding hydrogens is 394 g/mol. The Hall–Kier alpha value is -3.68. The second-order valence-corrected chi connectivity index (χ2v) is 8.15. The smallest absolute Gasteiger partial charge is 0.256 e. The summed E-state index contributed by atoms with van der Waals surface area (Å²) in [5.41, 5.74) is 1.91. The molecule has 8 nitrogen and oxygen atoms in total. The van der Waals surface area contributed by atoms with Crippen LogP contribution in [0.3, 0.4) is 0 Å². The third-order valence-corrected chi connectivity index (χ3v) is 4.76. The molecule has 0 aliphatic carbocycles. The summed E-state index contributed by atoms with van der Waals surface area (Å²) in [4.78, 5) is 21.6. The quantitative estimate of drug-likeness (QED) is 0.677. The first-order valence-electron chi connectivity index (χ1n) is 10.2. The lowest BCUT2D eigenvalue weighted by atomic mass is 9.92. The lowest BCUT2D eigenvalue weighted by molar-refractivity contribution is -0.113. The molecule has 31 heavy (non-hydrogen) atoms. The molecule has 8 heteroatoms. The average molecular weight is 419 g/mol. The molecule has 0 saturated carbocycles. The first kappa shape index (κ1) is 20.6. The number of hydrogen-bond donors (Lipinski definition) is 1. The van der Waals surface area contributed by atoms with E-state index in [1.165, 1.54) is 0 Å². The molecule has 0 atom stereocenters. The van der Waals surface area contributed by atoms with Crippen molar-refractivity contribution >= 4 is 17.8 Å². The second-order valence-electron chi connectivity index (χ2n) is 8.15. The van der Waals surface area contributed by atoms with Crippen molar-refractivity contribution < 1.29 is 14.3 Å². The molecule has 1 aromatic carbocycles. The minimum Gasteiger partial charge on any atom is -0.490 e. The number of benzene rings is 1. The van der Waals surface area contributed by atoms with Gasteiger partial charge in [0, 0.05) is 29.4 Å². The van der Waals surface area contributed by atoms with Crippen molar-refractivity contribution in [1.82, 2.24) is 19.7 Å². The van der Waals surface area contributed by atoms with Gasteiger partial charge in [-0.1, -0.05) is 32.9 Å². The lowest BCUT2D eigenvalue weighted by Crippen LogP contribution is -2.23. The number of carbonyl (C=O) groups excluding carboxylic acids is 1. The van der Waals surface area contributed by atoms with Crippen LogP contribution in [0.5, 0.6) is 11.5 Å². The molecule has 0 spiro atoms. The summed E-state index contributed by atoms with van der Waals surface area (Å²) in [5.74, 6) is 1.93. The lowest BCUT2D eigenvalue weighted by Gasteiger charge is -2.20. The zero-order chi connectivity index (χ0) is 22.0. The van der Waals surface area contributed by atoms with E-state index in [-0.39, 0.29) is 17.9 Å². The number of anilines is 1. The summed E-state index contributed by atoms with van der Waals surface area (Å²) >= 11 is 0. The van der Waals surface area contributed by atoms with E-state index >= 15 is 0 Å². The largest absolute Gasteiger partial charge is 0.490 e. The summed E-state index contributed by atoms with van der Waals surface area (Å²) in [7, 11) is 0. The predicted octanol–water partition coefficient (Wildman–Crippen LogP) is 3.77. The standard InChI is InChI=1S/C23H25N5O3/c1-5-30-17-9-6-8-15-12-16(14-31-20(15)17)21(29)26-19-13-18(23(2,3)4)27-28(19)22-24-10-7-11-25-22/h6-13H,5,14H2,1-4H3,(H,26,29). The van der Waals surface area contributed by atoms with Gasteiger partial charge >= 0.3 is 0 Å². The molecular formula is C23H25N5O3. The number of aromatic nitrogens is 4. The number of amides is 1.